The van der Waals surface area contributed by atoms with Gasteiger partial charge in [0.25, 0.3) is 5.56 Å². The maximum absolute atomic E-state index is 12.3. The van der Waals surface area contributed by atoms with Gasteiger partial charge < -0.3 is 9.88 Å². The molecule has 21 heavy (non-hydrogen) atoms. The Morgan fingerprint density at radius 2 is 1.71 bits per heavy atom. The summed E-state index contributed by atoms with van der Waals surface area (Å²) in [5.41, 5.74) is 2.19. The van der Waals surface area contributed by atoms with E-state index in [4.69, 9.17) is 0 Å². The Labute approximate surface area is 124 Å². The Morgan fingerprint density at radius 3 is 2.43 bits per heavy atom. The second-order valence-corrected chi connectivity index (χ2v) is 5.43. The van der Waals surface area contributed by atoms with Crippen molar-refractivity contribution in [3.8, 4) is 0 Å². The van der Waals surface area contributed by atoms with Crippen molar-refractivity contribution in [2.75, 3.05) is 13.1 Å². The van der Waals surface area contributed by atoms with Crippen LogP contribution in [0.5, 0.6) is 0 Å². The van der Waals surface area contributed by atoms with Gasteiger partial charge in [-0.2, -0.15) is 0 Å². The lowest BCUT2D eigenvalue weighted by atomic mass is 10.1. The minimum atomic E-state index is 0.0945. The van der Waals surface area contributed by atoms with E-state index >= 15 is 0 Å². The molecule has 3 rings (SSSR count). The van der Waals surface area contributed by atoms with Gasteiger partial charge in [0.15, 0.2) is 0 Å². The van der Waals surface area contributed by atoms with Crippen molar-refractivity contribution in [3.05, 3.63) is 70.1 Å². The van der Waals surface area contributed by atoms with Crippen LogP contribution >= 0.6 is 0 Å². The first-order valence-electron chi connectivity index (χ1n) is 7.49. The number of hydrogen-bond acceptors (Lipinski definition) is 2. The molecule has 1 saturated heterocycles. The molecule has 2 aromatic rings. The van der Waals surface area contributed by atoms with Crippen LogP contribution in [0, 0.1) is 0 Å². The third kappa shape index (κ3) is 3.50. The van der Waals surface area contributed by atoms with E-state index in [0.717, 1.165) is 37.1 Å². The molecule has 1 N–H and O–H groups in total. The molecule has 0 amide bonds. The summed E-state index contributed by atoms with van der Waals surface area (Å²) in [6.45, 7) is 1.99. The predicted octanol–water partition coefficient (Wildman–Crippen LogP) is 2.94. The minimum Gasteiger partial charge on any atom is -0.317 e. The van der Waals surface area contributed by atoms with E-state index in [9.17, 15) is 4.79 Å². The van der Waals surface area contributed by atoms with Gasteiger partial charge in [0.1, 0.15) is 0 Å². The van der Waals surface area contributed by atoms with E-state index in [0.29, 0.717) is 6.04 Å². The van der Waals surface area contributed by atoms with Gasteiger partial charge in [0, 0.05) is 18.3 Å². The van der Waals surface area contributed by atoms with E-state index in [1.807, 2.05) is 59.3 Å². The Morgan fingerprint density at radius 1 is 1.00 bits per heavy atom. The Bertz CT molecular complexity index is 667. The lowest BCUT2D eigenvalue weighted by molar-refractivity contribution is 0.361. The first-order chi connectivity index (χ1) is 10.3. The molecule has 0 bridgehead atoms. The first kappa shape index (κ1) is 13.8. The van der Waals surface area contributed by atoms with Crippen molar-refractivity contribution >= 4 is 12.2 Å². The van der Waals surface area contributed by atoms with Crippen molar-refractivity contribution in [2.45, 2.75) is 18.9 Å². The summed E-state index contributed by atoms with van der Waals surface area (Å²) in [6.07, 6.45) is 8.01. The van der Waals surface area contributed by atoms with Crippen LogP contribution in [0.3, 0.4) is 0 Å². The molecule has 0 aliphatic carbocycles. The fourth-order valence-corrected chi connectivity index (χ4v) is 2.75. The molecule has 1 aromatic heterocycles. The SMILES string of the molecule is O=c1cc(/C=C/c2ccccc2)ccn1C1CCNCC1. The molecule has 1 aliphatic heterocycles. The first-order valence-corrected chi connectivity index (χ1v) is 7.49. The third-order valence-corrected chi connectivity index (χ3v) is 3.94. The molecule has 1 aliphatic rings. The van der Waals surface area contributed by atoms with Gasteiger partial charge in [-0.1, -0.05) is 42.5 Å². The van der Waals surface area contributed by atoms with E-state index < -0.39 is 0 Å². The van der Waals surface area contributed by atoms with Gasteiger partial charge in [-0.05, 0) is 43.1 Å². The van der Waals surface area contributed by atoms with Crippen LogP contribution < -0.4 is 10.9 Å². The number of benzene rings is 1. The van der Waals surface area contributed by atoms with Crippen LogP contribution in [0.15, 0.2) is 53.5 Å². The predicted molar refractivity (Wildman–Crippen MR) is 87.2 cm³/mol. The smallest absolute Gasteiger partial charge is 0.251 e. The van der Waals surface area contributed by atoms with Crippen LogP contribution in [0.2, 0.25) is 0 Å². The minimum absolute atomic E-state index is 0.0945. The second kappa shape index (κ2) is 6.55. The van der Waals surface area contributed by atoms with Gasteiger partial charge in [0.05, 0.1) is 0 Å². The average molecular weight is 280 g/mol. The van der Waals surface area contributed by atoms with Crippen LogP contribution in [-0.4, -0.2) is 17.7 Å². The molecule has 3 nitrogen and oxygen atoms in total. The zero-order chi connectivity index (χ0) is 14.5. The molecule has 0 atom stereocenters. The molecule has 3 heteroatoms. The standard InChI is InChI=1S/C18H20N2O/c21-18-14-16(7-6-15-4-2-1-3-5-15)10-13-20(18)17-8-11-19-12-9-17/h1-7,10,13-14,17,19H,8-9,11-12H2/b7-6+. The van der Waals surface area contributed by atoms with Crippen LogP contribution in [0.4, 0.5) is 0 Å². The van der Waals surface area contributed by atoms with Gasteiger partial charge in [-0.25, -0.2) is 0 Å². The molecule has 0 spiro atoms. The summed E-state index contributed by atoms with van der Waals surface area (Å²) in [7, 11) is 0. The Kier molecular flexibility index (Phi) is 4.31. The van der Waals surface area contributed by atoms with Crippen molar-refractivity contribution < 1.29 is 0 Å². The summed E-state index contributed by atoms with van der Waals surface area (Å²) in [5, 5.41) is 3.33. The van der Waals surface area contributed by atoms with Crippen molar-refractivity contribution in [1.82, 2.24) is 9.88 Å². The summed E-state index contributed by atoms with van der Waals surface area (Å²) in [6, 6.07) is 14.2. The molecule has 0 radical (unpaired) electrons. The number of rotatable bonds is 3. The molecule has 2 heterocycles. The number of nitrogens with one attached hydrogen (secondary N) is 1. The molecule has 0 saturated carbocycles. The molecule has 108 valence electrons. The zero-order valence-corrected chi connectivity index (χ0v) is 12.0. The lowest BCUT2D eigenvalue weighted by Gasteiger charge is -2.24. The Balaban J connectivity index is 1.78. The molecular weight excluding hydrogens is 260 g/mol. The molecular formula is C18H20N2O. The van der Waals surface area contributed by atoms with Crippen LogP contribution in [0.1, 0.15) is 30.0 Å². The highest BCUT2D eigenvalue weighted by Crippen LogP contribution is 2.16. The Hall–Kier alpha value is -2.13. The van der Waals surface area contributed by atoms with Crippen LogP contribution in [-0.2, 0) is 0 Å². The number of hydrogen-bond donors (Lipinski definition) is 1. The highest BCUT2D eigenvalue weighted by Gasteiger charge is 2.15. The van der Waals surface area contributed by atoms with Gasteiger partial charge in [-0.3, -0.25) is 4.79 Å². The summed E-state index contributed by atoms with van der Waals surface area (Å²) < 4.78 is 1.88. The fourth-order valence-electron chi connectivity index (χ4n) is 2.75. The second-order valence-electron chi connectivity index (χ2n) is 5.43. The third-order valence-electron chi connectivity index (χ3n) is 3.94. The summed E-state index contributed by atoms with van der Waals surface area (Å²) in [5.74, 6) is 0. The molecule has 1 aromatic carbocycles. The monoisotopic (exact) mass is 280 g/mol. The number of piperidine rings is 1. The average Bonchev–Trinajstić information content (AvgIpc) is 2.55. The molecule has 0 unspecified atom stereocenters. The summed E-state index contributed by atoms with van der Waals surface area (Å²) in [4.78, 5) is 12.3. The topological polar surface area (TPSA) is 34.0 Å². The van der Waals surface area contributed by atoms with E-state index in [1.165, 1.54) is 0 Å². The number of nitrogens with zero attached hydrogens (tertiary/aromatic N) is 1. The lowest BCUT2D eigenvalue weighted by Crippen LogP contribution is -2.33. The van der Waals surface area contributed by atoms with Crippen molar-refractivity contribution in [3.63, 3.8) is 0 Å². The largest absolute Gasteiger partial charge is 0.317 e. The summed E-state index contributed by atoms with van der Waals surface area (Å²) >= 11 is 0. The number of pyridine rings is 1. The van der Waals surface area contributed by atoms with E-state index in [-0.39, 0.29) is 5.56 Å². The zero-order valence-electron chi connectivity index (χ0n) is 12.0. The van der Waals surface area contributed by atoms with E-state index in [1.54, 1.807) is 6.07 Å². The maximum Gasteiger partial charge on any atom is 0.251 e. The highest BCUT2D eigenvalue weighted by molar-refractivity contribution is 5.69. The van der Waals surface area contributed by atoms with Gasteiger partial charge in [-0.15, -0.1) is 0 Å². The normalized spacial score (nSPS) is 16.4. The number of aromatic nitrogens is 1. The van der Waals surface area contributed by atoms with Gasteiger partial charge >= 0.3 is 0 Å². The van der Waals surface area contributed by atoms with Gasteiger partial charge in [0.2, 0.25) is 0 Å². The van der Waals surface area contributed by atoms with E-state index in [2.05, 4.69) is 5.32 Å². The van der Waals surface area contributed by atoms with Crippen molar-refractivity contribution in [1.29, 1.82) is 0 Å². The van der Waals surface area contributed by atoms with Crippen LogP contribution in [0.25, 0.3) is 12.2 Å². The quantitative estimate of drug-likeness (QED) is 0.938. The molecule has 1 fully saturated rings. The highest BCUT2D eigenvalue weighted by atomic mass is 16.1. The maximum atomic E-state index is 12.3. The van der Waals surface area contributed by atoms with Crippen molar-refractivity contribution in [2.24, 2.45) is 0 Å². The fraction of sp³-hybridized carbons (Fsp3) is 0.278.